The summed E-state index contributed by atoms with van der Waals surface area (Å²) in [6, 6.07) is 17.4. The summed E-state index contributed by atoms with van der Waals surface area (Å²) in [5.74, 6) is 0.867. The number of rotatable bonds is 7. The van der Waals surface area contributed by atoms with Crippen molar-refractivity contribution in [2.45, 2.75) is 40.2 Å². The summed E-state index contributed by atoms with van der Waals surface area (Å²) in [6.45, 7) is 6.16. The normalized spacial score (nSPS) is 10.7. The number of carbonyl (C=O) groups is 1. The second kappa shape index (κ2) is 8.70. The van der Waals surface area contributed by atoms with Crippen LogP contribution in [0.25, 0.3) is 0 Å². The maximum atomic E-state index is 12.7. The highest BCUT2D eigenvalue weighted by molar-refractivity contribution is 5.97. The van der Waals surface area contributed by atoms with Crippen molar-refractivity contribution in [3.8, 4) is 5.75 Å². The quantitative estimate of drug-likeness (QED) is 0.609. The van der Waals surface area contributed by atoms with Crippen molar-refractivity contribution in [3.05, 3.63) is 98.5 Å². The van der Waals surface area contributed by atoms with E-state index in [0.29, 0.717) is 30.6 Å². The van der Waals surface area contributed by atoms with E-state index < -0.39 is 0 Å². The molecule has 0 saturated carbocycles. The number of hydrogen-bond acceptors (Lipinski definition) is 3. The van der Waals surface area contributed by atoms with Crippen LogP contribution >= 0.6 is 0 Å². The van der Waals surface area contributed by atoms with Gasteiger partial charge in [-0.25, -0.2) is 0 Å². The Hall–Kier alpha value is -3.14. The van der Waals surface area contributed by atoms with Crippen LogP contribution in [-0.4, -0.2) is 10.8 Å². The fourth-order valence-electron chi connectivity index (χ4n) is 3.38. The first-order valence-electron chi connectivity index (χ1n) is 9.44. The molecule has 0 unspecified atom stereocenters. The highest BCUT2D eigenvalue weighted by atomic mass is 16.5. The molecule has 0 spiro atoms. The van der Waals surface area contributed by atoms with E-state index >= 15 is 0 Å². The van der Waals surface area contributed by atoms with Gasteiger partial charge < -0.3 is 9.72 Å². The van der Waals surface area contributed by atoms with Crippen LogP contribution in [0.15, 0.2) is 59.4 Å². The lowest BCUT2D eigenvalue weighted by Gasteiger charge is -2.10. The summed E-state index contributed by atoms with van der Waals surface area (Å²) in [4.78, 5) is 27.6. The Morgan fingerprint density at radius 2 is 1.71 bits per heavy atom. The zero-order valence-electron chi connectivity index (χ0n) is 16.5. The molecule has 2 aromatic carbocycles. The SMILES string of the molecule is Cc1cc(C)c(CCC(=O)c2ccc(COc3ccccc3)cc2C)c(=O)[nH]1. The number of H-pyrrole nitrogens is 1. The molecule has 0 bridgehead atoms. The second-order valence-electron chi connectivity index (χ2n) is 7.12. The van der Waals surface area contributed by atoms with Gasteiger partial charge in [0.05, 0.1) is 0 Å². The highest BCUT2D eigenvalue weighted by Gasteiger charge is 2.13. The van der Waals surface area contributed by atoms with Gasteiger partial charge in [0.1, 0.15) is 12.4 Å². The zero-order chi connectivity index (χ0) is 20.1. The first-order chi connectivity index (χ1) is 13.4. The molecule has 0 amide bonds. The molecule has 0 aliphatic carbocycles. The predicted octanol–water partition coefficient (Wildman–Crippen LogP) is 4.69. The first kappa shape index (κ1) is 19.6. The van der Waals surface area contributed by atoms with Crippen LogP contribution < -0.4 is 10.3 Å². The second-order valence-corrected chi connectivity index (χ2v) is 7.12. The van der Waals surface area contributed by atoms with Gasteiger partial charge >= 0.3 is 0 Å². The minimum absolute atomic E-state index is 0.0485. The Bertz CT molecular complexity index is 1040. The Labute approximate surface area is 165 Å². The smallest absolute Gasteiger partial charge is 0.251 e. The summed E-state index contributed by atoms with van der Waals surface area (Å²) in [6.07, 6.45) is 0.756. The van der Waals surface area contributed by atoms with Crippen molar-refractivity contribution in [1.82, 2.24) is 4.98 Å². The number of aryl methyl sites for hydroxylation is 3. The van der Waals surface area contributed by atoms with Gasteiger partial charge in [0, 0.05) is 23.2 Å². The molecule has 3 rings (SSSR count). The van der Waals surface area contributed by atoms with Gasteiger partial charge in [-0.15, -0.1) is 0 Å². The molecule has 0 atom stereocenters. The summed E-state index contributed by atoms with van der Waals surface area (Å²) in [7, 11) is 0. The van der Waals surface area contributed by atoms with Crippen LogP contribution in [0.5, 0.6) is 5.75 Å². The van der Waals surface area contributed by atoms with E-state index in [1.165, 1.54) is 0 Å². The zero-order valence-corrected chi connectivity index (χ0v) is 16.5. The Kier molecular flexibility index (Phi) is 6.09. The lowest BCUT2D eigenvalue weighted by atomic mass is 9.97. The van der Waals surface area contributed by atoms with Gasteiger partial charge in [-0.1, -0.05) is 36.4 Å². The van der Waals surface area contributed by atoms with E-state index in [0.717, 1.165) is 28.1 Å². The number of para-hydroxylation sites is 1. The molecule has 3 aromatic rings. The Morgan fingerprint density at radius 3 is 2.39 bits per heavy atom. The Morgan fingerprint density at radius 1 is 0.964 bits per heavy atom. The van der Waals surface area contributed by atoms with E-state index in [2.05, 4.69) is 4.98 Å². The molecule has 4 nitrogen and oxygen atoms in total. The number of ether oxygens (including phenoxy) is 1. The molecule has 0 aliphatic heterocycles. The van der Waals surface area contributed by atoms with Crippen LogP contribution in [-0.2, 0) is 13.0 Å². The topological polar surface area (TPSA) is 59.2 Å². The number of ketones is 1. The molecule has 28 heavy (non-hydrogen) atoms. The number of aromatic amines is 1. The average molecular weight is 375 g/mol. The van der Waals surface area contributed by atoms with Crippen molar-refractivity contribution < 1.29 is 9.53 Å². The average Bonchev–Trinajstić information content (AvgIpc) is 2.66. The predicted molar refractivity (Wildman–Crippen MR) is 111 cm³/mol. The maximum absolute atomic E-state index is 12.7. The van der Waals surface area contributed by atoms with Gasteiger partial charge in [-0.2, -0.15) is 0 Å². The molecule has 0 aliphatic rings. The molecule has 0 radical (unpaired) electrons. The minimum Gasteiger partial charge on any atom is -0.489 e. The standard InChI is InChI=1S/C24H25NO3/c1-16-13-18(3)25-24(27)22(16)11-12-23(26)21-10-9-19(14-17(21)2)15-28-20-7-5-4-6-8-20/h4-10,13-14H,11-12,15H2,1-3H3,(H,25,27). The number of aromatic nitrogens is 1. The molecular weight excluding hydrogens is 350 g/mol. The molecule has 4 heteroatoms. The number of nitrogens with one attached hydrogen (secondary N) is 1. The van der Waals surface area contributed by atoms with Crippen molar-refractivity contribution in [2.24, 2.45) is 0 Å². The van der Waals surface area contributed by atoms with Gasteiger partial charge in [0.25, 0.3) is 5.56 Å². The minimum atomic E-state index is -0.101. The van der Waals surface area contributed by atoms with Crippen LogP contribution in [0.3, 0.4) is 0 Å². The molecule has 144 valence electrons. The number of hydrogen-bond donors (Lipinski definition) is 1. The van der Waals surface area contributed by atoms with E-state index in [4.69, 9.17) is 4.74 Å². The highest BCUT2D eigenvalue weighted by Crippen LogP contribution is 2.17. The van der Waals surface area contributed by atoms with Gasteiger partial charge in [0.2, 0.25) is 0 Å². The van der Waals surface area contributed by atoms with Gasteiger partial charge in [-0.05, 0) is 62.1 Å². The van der Waals surface area contributed by atoms with Gasteiger partial charge in [-0.3, -0.25) is 9.59 Å². The summed E-state index contributed by atoms with van der Waals surface area (Å²) in [5, 5.41) is 0. The van der Waals surface area contributed by atoms with E-state index in [1.54, 1.807) is 0 Å². The van der Waals surface area contributed by atoms with Crippen molar-refractivity contribution in [1.29, 1.82) is 0 Å². The molecule has 0 saturated heterocycles. The number of pyridine rings is 1. The third-order valence-electron chi connectivity index (χ3n) is 4.84. The van der Waals surface area contributed by atoms with E-state index in [1.807, 2.05) is 75.4 Å². The summed E-state index contributed by atoms with van der Waals surface area (Å²) < 4.78 is 5.77. The molecular formula is C24H25NO3. The monoisotopic (exact) mass is 375 g/mol. The lowest BCUT2D eigenvalue weighted by Crippen LogP contribution is -2.17. The number of Topliss-reactive ketones (excluding diaryl/α,β-unsaturated/α-hetero) is 1. The van der Waals surface area contributed by atoms with Crippen LogP contribution in [0.1, 0.15) is 44.7 Å². The fourth-order valence-corrected chi connectivity index (χ4v) is 3.38. The van der Waals surface area contributed by atoms with Crippen molar-refractivity contribution in [3.63, 3.8) is 0 Å². The largest absolute Gasteiger partial charge is 0.489 e. The van der Waals surface area contributed by atoms with E-state index in [-0.39, 0.29) is 11.3 Å². The van der Waals surface area contributed by atoms with Gasteiger partial charge in [0.15, 0.2) is 5.78 Å². The van der Waals surface area contributed by atoms with Crippen LogP contribution in [0.4, 0.5) is 0 Å². The van der Waals surface area contributed by atoms with Crippen LogP contribution in [0.2, 0.25) is 0 Å². The van der Waals surface area contributed by atoms with Crippen LogP contribution in [0, 0.1) is 20.8 Å². The molecule has 1 heterocycles. The fraction of sp³-hybridized carbons (Fsp3) is 0.250. The van der Waals surface area contributed by atoms with E-state index in [9.17, 15) is 9.59 Å². The van der Waals surface area contributed by atoms with Crippen molar-refractivity contribution >= 4 is 5.78 Å². The first-order valence-corrected chi connectivity index (χ1v) is 9.44. The summed E-state index contributed by atoms with van der Waals surface area (Å²) in [5.41, 5.74) is 4.99. The molecule has 0 fully saturated rings. The molecule has 1 aromatic heterocycles. The lowest BCUT2D eigenvalue weighted by molar-refractivity contribution is 0.0982. The third-order valence-corrected chi connectivity index (χ3v) is 4.84. The number of benzene rings is 2. The number of carbonyl (C=O) groups excluding carboxylic acids is 1. The maximum Gasteiger partial charge on any atom is 0.251 e. The summed E-state index contributed by atoms with van der Waals surface area (Å²) >= 11 is 0. The Balaban J connectivity index is 1.65. The van der Waals surface area contributed by atoms with Crippen molar-refractivity contribution in [2.75, 3.05) is 0 Å². The third kappa shape index (κ3) is 4.77. The molecule has 1 N–H and O–H groups in total.